The third-order valence-corrected chi connectivity index (χ3v) is 5.19. The SMILES string of the molecule is CC(=O)NCCSc1nc2ccccc2c(=O)n1-c1ccccc1C(C)C. The fraction of sp³-hybridized carbons (Fsp3) is 0.286. The number of hydrogen-bond donors (Lipinski definition) is 1. The van der Waals surface area contributed by atoms with Crippen LogP contribution in [-0.4, -0.2) is 27.8 Å². The predicted octanol–water partition coefficient (Wildman–Crippen LogP) is 3.74. The zero-order valence-corrected chi connectivity index (χ0v) is 16.5. The van der Waals surface area contributed by atoms with Crippen molar-refractivity contribution in [2.75, 3.05) is 12.3 Å². The van der Waals surface area contributed by atoms with Crippen LogP contribution < -0.4 is 10.9 Å². The number of thioether (sulfide) groups is 1. The van der Waals surface area contributed by atoms with Gasteiger partial charge in [-0.15, -0.1) is 0 Å². The van der Waals surface area contributed by atoms with E-state index in [4.69, 9.17) is 4.98 Å². The highest BCUT2D eigenvalue weighted by Crippen LogP contribution is 2.26. The maximum absolute atomic E-state index is 13.3. The molecule has 0 fully saturated rings. The number of fused-ring (bicyclic) bond motifs is 1. The van der Waals surface area contributed by atoms with Gasteiger partial charge in [-0.2, -0.15) is 0 Å². The molecule has 1 amide bonds. The zero-order chi connectivity index (χ0) is 19.4. The third kappa shape index (κ3) is 4.22. The van der Waals surface area contributed by atoms with E-state index in [1.54, 1.807) is 4.57 Å². The number of hydrogen-bond acceptors (Lipinski definition) is 4. The van der Waals surface area contributed by atoms with Crippen LogP contribution in [-0.2, 0) is 4.79 Å². The summed E-state index contributed by atoms with van der Waals surface area (Å²) in [6, 6.07) is 15.3. The van der Waals surface area contributed by atoms with Gasteiger partial charge in [0, 0.05) is 19.2 Å². The van der Waals surface area contributed by atoms with E-state index in [1.807, 2.05) is 48.5 Å². The summed E-state index contributed by atoms with van der Waals surface area (Å²) in [4.78, 5) is 29.1. The van der Waals surface area contributed by atoms with Gasteiger partial charge in [-0.05, 0) is 29.7 Å². The predicted molar refractivity (Wildman–Crippen MR) is 111 cm³/mol. The first-order chi connectivity index (χ1) is 13.0. The quantitative estimate of drug-likeness (QED) is 0.401. The van der Waals surface area contributed by atoms with Crippen molar-refractivity contribution in [3.8, 4) is 5.69 Å². The van der Waals surface area contributed by atoms with Gasteiger partial charge in [-0.3, -0.25) is 14.2 Å². The van der Waals surface area contributed by atoms with E-state index >= 15 is 0 Å². The lowest BCUT2D eigenvalue weighted by Gasteiger charge is -2.18. The second-order valence-electron chi connectivity index (χ2n) is 6.60. The summed E-state index contributed by atoms with van der Waals surface area (Å²) in [5.41, 5.74) is 2.57. The monoisotopic (exact) mass is 381 g/mol. The maximum Gasteiger partial charge on any atom is 0.266 e. The third-order valence-electron chi connectivity index (χ3n) is 4.25. The first-order valence-electron chi connectivity index (χ1n) is 8.97. The molecular formula is C21H23N3O2S. The van der Waals surface area contributed by atoms with Gasteiger partial charge >= 0.3 is 0 Å². The van der Waals surface area contributed by atoms with Gasteiger partial charge in [0.1, 0.15) is 0 Å². The van der Waals surface area contributed by atoms with Gasteiger partial charge in [0.15, 0.2) is 5.16 Å². The number of para-hydroxylation sites is 2. The number of carbonyl (C=O) groups is 1. The summed E-state index contributed by atoms with van der Waals surface area (Å²) in [6.45, 7) is 6.24. The summed E-state index contributed by atoms with van der Waals surface area (Å²) < 4.78 is 1.70. The molecule has 0 spiro atoms. The number of carbonyl (C=O) groups excluding carboxylic acids is 1. The van der Waals surface area contributed by atoms with Crippen LogP contribution in [0.15, 0.2) is 58.5 Å². The van der Waals surface area contributed by atoms with E-state index in [1.165, 1.54) is 18.7 Å². The van der Waals surface area contributed by atoms with Gasteiger partial charge in [0.2, 0.25) is 5.91 Å². The molecule has 0 radical (unpaired) electrons. The van der Waals surface area contributed by atoms with E-state index in [0.29, 0.717) is 28.4 Å². The molecule has 27 heavy (non-hydrogen) atoms. The number of aromatic nitrogens is 2. The molecule has 1 heterocycles. The molecule has 1 N–H and O–H groups in total. The molecule has 5 nitrogen and oxygen atoms in total. The Morgan fingerprint density at radius 3 is 2.59 bits per heavy atom. The Hall–Kier alpha value is -2.60. The van der Waals surface area contributed by atoms with Crippen LogP contribution in [0.1, 0.15) is 32.3 Å². The maximum atomic E-state index is 13.3. The van der Waals surface area contributed by atoms with Crippen LogP contribution in [0.5, 0.6) is 0 Å². The molecule has 140 valence electrons. The van der Waals surface area contributed by atoms with Crippen LogP contribution in [0, 0.1) is 0 Å². The van der Waals surface area contributed by atoms with E-state index < -0.39 is 0 Å². The highest BCUT2D eigenvalue weighted by atomic mass is 32.2. The summed E-state index contributed by atoms with van der Waals surface area (Å²) in [6.07, 6.45) is 0. The molecule has 0 unspecified atom stereocenters. The van der Waals surface area contributed by atoms with E-state index in [2.05, 4.69) is 19.2 Å². The van der Waals surface area contributed by atoms with Crippen LogP contribution >= 0.6 is 11.8 Å². The van der Waals surface area contributed by atoms with Crippen LogP contribution in [0.2, 0.25) is 0 Å². The molecule has 0 saturated heterocycles. The number of amides is 1. The van der Waals surface area contributed by atoms with Crippen molar-refractivity contribution < 1.29 is 4.79 Å². The molecular weight excluding hydrogens is 358 g/mol. The van der Waals surface area contributed by atoms with Crippen molar-refractivity contribution in [3.63, 3.8) is 0 Å². The summed E-state index contributed by atoms with van der Waals surface area (Å²) in [5, 5.41) is 4.02. The van der Waals surface area contributed by atoms with E-state index in [0.717, 1.165) is 11.3 Å². The molecule has 3 rings (SSSR count). The molecule has 0 atom stereocenters. The van der Waals surface area contributed by atoms with Crippen molar-refractivity contribution in [1.29, 1.82) is 0 Å². The van der Waals surface area contributed by atoms with Crippen molar-refractivity contribution in [3.05, 3.63) is 64.4 Å². The highest BCUT2D eigenvalue weighted by Gasteiger charge is 2.16. The molecule has 6 heteroatoms. The first-order valence-corrected chi connectivity index (χ1v) is 9.96. The number of benzene rings is 2. The Bertz CT molecular complexity index is 1030. The molecule has 0 saturated carbocycles. The van der Waals surface area contributed by atoms with Gasteiger partial charge in [-0.1, -0.05) is 55.9 Å². The number of nitrogens with one attached hydrogen (secondary N) is 1. The fourth-order valence-corrected chi connectivity index (χ4v) is 3.83. The van der Waals surface area contributed by atoms with Gasteiger partial charge < -0.3 is 5.32 Å². The lowest BCUT2D eigenvalue weighted by molar-refractivity contribution is -0.118. The lowest BCUT2D eigenvalue weighted by Crippen LogP contribution is -2.25. The van der Waals surface area contributed by atoms with Crippen molar-refractivity contribution in [1.82, 2.24) is 14.9 Å². The molecule has 0 bridgehead atoms. The Morgan fingerprint density at radius 2 is 1.85 bits per heavy atom. The minimum Gasteiger partial charge on any atom is -0.356 e. The zero-order valence-electron chi connectivity index (χ0n) is 15.7. The van der Waals surface area contributed by atoms with E-state index in [-0.39, 0.29) is 17.4 Å². The summed E-state index contributed by atoms with van der Waals surface area (Å²) >= 11 is 1.47. The van der Waals surface area contributed by atoms with Crippen molar-refractivity contribution in [2.45, 2.75) is 31.8 Å². The lowest BCUT2D eigenvalue weighted by atomic mass is 10.0. The Labute approximate surface area is 162 Å². The largest absolute Gasteiger partial charge is 0.356 e. The van der Waals surface area contributed by atoms with E-state index in [9.17, 15) is 9.59 Å². The Kier molecular flexibility index (Phi) is 5.96. The average Bonchev–Trinajstić information content (AvgIpc) is 2.65. The molecule has 0 aliphatic heterocycles. The second-order valence-corrected chi connectivity index (χ2v) is 7.66. The molecule has 0 aliphatic carbocycles. The Morgan fingerprint density at radius 1 is 1.15 bits per heavy atom. The standard InChI is InChI=1S/C21H23N3O2S/c1-14(2)16-8-5-7-11-19(16)24-20(26)17-9-4-6-10-18(17)23-21(24)27-13-12-22-15(3)25/h4-11,14H,12-13H2,1-3H3,(H,22,25). The molecule has 0 aliphatic rings. The second kappa shape index (κ2) is 8.39. The Balaban J connectivity index is 2.14. The van der Waals surface area contributed by atoms with Gasteiger partial charge in [0.25, 0.3) is 5.56 Å². The average molecular weight is 382 g/mol. The van der Waals surface area contributed by atoms with Crippen LogP contribution in [0.3, 0.4) is 0 Å². The summed E-state index contributed by atoms with van der Waals surface area (Å²) in [7, 11) is 0. The summed E-state index contributed by atoms with van der Waals surface area (Å²) in [5.74, 6) is 0.843. The molecule has 3 aromatic rings. The smallest absolute Gasteiger partial charge is 0.266 e. The van der Waals surface area contributed by atoms with Crippen molar-refractivity contribution >= 4 is 28.6 Å². The number of rotatable bonds is 6. The van der Waals surface area contributed by atoms with Crippen molar-refractivity contribution in [2.24, 2.45) is 0 Å². The first kappa shape index (κ1) is 19.2. The highest BCUT2D eigenvalue weighted by molar-refractivity contribution is 7.99. The van der Waals surface area contributed by atoms with Crippen LogP contribution in [0.4, 0.5) is 0 Å². The topological polar surface area (TPSA) is 64.0 Å². The van der Waals surface area contributed by atoms with Crippen LogP contribution in [0.25, 0.3) is 16.6 Å². The van der Waals surface area contributed by atoms with Gasteiger partial charge in [0.05, 0.1) is 16.6 Å². The van der Waals surface area contributed by atoms with Gasteiger partial charge in [-0.25, -0.2) is 4.98 Å². The fourth-order valence-electron chi connectivity index (χ4n) is 2.97. The molecule has 2 aromatic carbocycles. The normalized spacial score (nSPS) is 11.1. The molecule has 1 aromatic heterocycles. The number of nitrogens with zero attached hydrogens (tertiary/aromatic N) is 2. The minimum atomic E-state index is -0.0734. The minimum absolute atomic E-state index is 0.0652.